The van der Waals surface area contributed by atoms with Crippen LogP contribution in [0.1, 0.15) is 119 Å². The van der Waals surface area contributed by atoms with Gasteiger partial charge < -0.3 is 14.6 Å². The molecule has 0 radical (unpaired) electrons. The quantitative estimate of drug-likeness (QED) is 0.272. The lowest BCUT2D eigenvalue weighted by Gasteiger charge is -2.36. The standard InChI is InChI=1S/C31H51N3O3.C7H14O2/c1-8-15-34-20-23(2)18-30(4,5)19-24(3)28(35)31(6,7)29(36)37-22-26(34)12-10-16-33-17-13-25-11-9-14-32-27(25)21-33;1-5-3-6(2)9-7(8)4-5/h9,11,14,23-24,26H,8,10,12-13,15-22H2,1-7H3;5-8H,3-4H2,1-2H3/t23-,24-,26-;5-,6+,7+/m10/s1. The van der Waals surface area contributed by atoms with Crippen molar-refractivity contribution in [2.45, 2.75) is 139 Å². The lowest BCUT2D eigenvalue weighted by Crippen LogP contribution is -2.44. The molecule has 4 rings (SSSR count). The Hall–Kier alpha value is -1.87. The van der Waals surface area contributed by atoms with E-state index in [1.165, 1.54) is 11.3 Å². The molecule has 0 unspecified atom stereocenters. The lowest BCUT2D eigenvalue weighted by molar-refractivity contribution is -0.169. The Bertz CT molecular complexity index is 1080. The first-order valence-corrected chi connectivity index (χ1v) is 18.1. The summed E-state index contributed by atoms with van der Waals surface area (Å²) in [6, 6.07) is 4.38. The number of pyridine rings is 1. The highest BCUT2D eigenvalue weighted by Gasteiger charge is 2.42. The predicted octanol–water partition coefficient (Wildman–Crippen LogP) is 6.67. The van der Waals surface area contributed by atoms with Crippen molar-refractivity contribution in [1.29, 1.82) is 0 Å². The maximum Gasteiger partial charge on any atom is 0.319 e. The highest BCUT2D eigenvalue weighted by Crippen LogP contribution is 2.37. The van der Waals surface area contributed by atoms with Crippen LogP contribution in [0.3, 0.4) is 0 Å². The van der Waals surface area contributed by atoms with Gasteiger partial charge in [0.2, 0.25) is 0 Å². The number of cyclic esters (lactones) is 1. The number of ether oxygens (including phenoxy) is 2. The minimum Gasteiger partial charge on any atom is -0.463 e. The molecular weight excluding hydrogens is 578 g/mol. The second kappa shape index (κ2) is 17.5. The molecule has 1 aromatic rings. The number of ketones is 1. The summed E-state index contributed by atoms with van der Waals surface area (Å²) in [4.78, 5) is 36.1. The number of aliphatic hydroxyl groups is 1. The topological polar surface area (TPSA) is 92.2 Å². The molecule has 0 saturated carbocycles. The Balaban J connectivity index is 0.000000549. The van der Waals surface area contributed by atoms with E-state index in [4.69, 9.17) is 14.6 Å². The van der Waals surface area contributed by atoms with Crippen molar-refractivity contribution >= 4 is 11.8 Å². The average molecular weight is 644 g/mol. The van der Waals surface area contributed by atoms with Gasteiger partial charge >= 0.3 is 5.97 Å². The maximum atomic E-state index is 13.3. The minimum absolute atomic E-state index is 0.00146. The van der Waals surface area contributed by atoms with E-state index < -0.39 is 11.7 Å². The number of fused-ring (bicyclic) bond motifs is 1. The van der Waals surface area contributed by atoms with Crippen LogP contribution in [0.15, 0.2) is 18.3 Å². The monoisotopic (exact) mass is 643 g/mol. The van der Waals surface area contributed by atoms with E-state index in [9.17, 15) is 9.59 Å². The fourth-order valence-corrected chi connectivity index (χ4v) is 8.10. The number of carbonyl (C=O) groups excluding carboxylic acids is 2. The molecule has 1 aromatic heterocycles. The molecule has 0 amide bonds. The third-order valence-electron chi connectivity index (χ3n) is 10.1. The van der Waals surface area contributed by atoms with E-state index in [0.29, 0.717) is 18.4 Å². The lowest BCUT2D eigenvalue weighted by atomic mass is 9.72. The fourth-order valence-electron chi connectivity index (χ4n) is 8.10. The van der Waals surface area contributed by atoms with Crippen molar-refractivity contribution in [3.63, 3.8) is 0 Å². The fraction of sp³-hybridized carbons (Fsp3) is 0.816. The molecule has 2 saturated heterocycles. The summed E-state index contributed by atoms with van der Waals surface area (Å²) in [5, 5.41) is 9.03. The van der Waals surface area contributed by atoms with Crippen LogP contribution in [-0.4, -0.2) is 82.9 Å². The molecule has 262 valence electrons. The third-order valence-corrected chi connectivity index (χ3v) is 10.1. The van der Waals surface area contributed by atoms with Crippen LogP contribution in [-0.2, 0) is 32.0 Å². The molecule has 8 heteroatoms. The number of rotatable bonds is 6. The third kappa shape index (κ3) is 11.7. The van der Waals surface area contributed by atoms with Crippen LogP contribution in [0.4, 0.5) is 0 Å². The SMILES string of the molecule is CCCN1C[C@H](C)CC(C)(C)C[C@@H](C)C(=O)C(C)(C)C(=O)OC[C@H]1CCCN1CCc2cccnc2C1.C[C@H]1C[C@@H](C)O[C@@H](O)C1. The van der Waals surface area contributed by atoms with E-state index in [-0.39, 0.29) is 35.2 Å². The Kier molecular flexibility index (Phi) is 14.7. The smallest absolute Gasteiger partial charge is 0.319 e. The van der Waals surface area contributed by atoms with Crippen molar-refractivity contribution in [1.82, 2.24) is 14.8 Å². The van der Waals surface area contributed by atoms with Crippen molar-refractivity contribution in [2.24, 2.45) is 28.6 Å². The maximum absolute atomic E-state index is 13.3. The number of aromatic nitrogens is 1. The zero-order chi connectivity index (χ0) is 34.1. The summed E-state index contributed by atoms with van der Waals surface area (Å²) in [5.74, 6) is 0.564. The van der Waals surface area contributed by atoms with Crippen LogP contribution in [0, 0.1) is 28.6 Å². The van der Waals surface area contributed by atoms with E-state index in [0.717, 1.165) is 84.1 Å². The van der Waals surface area contributed by atoms with Crippen LogP contribution in [0.5, 0.6) is 0 Å². The Labute approximate surface area is 280 Å². The molecule has 3 aliphatic heterocycles. The molecule has 0 spiro atoms. The van der Waals surface area contributed by atoms with Gasteiger partial charge in [0.15, 0.2) is 12.1 Å². The molecule has 8 nitrogen and oxygen atoms in total. The van der Waals surface area contributed by atoms with Gasteiger partial charge in [-0.1, -0.05) is 47.6 Å². The zero-order valence-electron chi connectivity index (χ0n) is 30.5. The first-order valence-electron chi connectivity index (χ1n) is 18.1. The number of esters is 1. The summed E-state index contributed by atoms with van der Waals surface area (Å²) >= 11 is 0. The average Bonchev–Trinajstić information content (AvgIpc) is 2.96. The minimum atomic E-state index is -1.12. The van der Waals surface area contributed by atoms with E-state index in [2.05, 4.69) is 55.5 Å². The highest BCUT2D eigenvalue weighted by atomic mass is 16.6. The van der Waals surface area contributed by atoms with Gasteiger partial charge in [0.25, 0.3) is 0 Å². The molecule has 4 heterocycles. The summed E-state index contributed by atoms with van der Waals surface area (Å²) in [6.45, 7) is 24.0. The summed E-state index contributed by atoms with van der Waals surface area (Å²) in [6.07, 6.45) is 9.49. The summed E-state index contributed by atoms with van der Waals surface area (Å²) < 4.78 is 11.0. The van der Waals surface area contributed by atoms with Gasteiger partial charge in [-0.15, -0.1) is 0 Å². The van der Waals surface area contributed by atoms with Crippen LogP contribution in [0.25, 0.3) is 0 Å². The molecule has 6 atom stereocenters. The number of aliphatic hydroxyl groups excluding tert-OH is 1. The largest absolute Gasteiger partial charge is 0.463 e. The van der Waals surface area contributed by atoms with Crippen molar-refractivity contribution in [3.05, 3.63) is 29.6 Å². The number of hydrogen-bond acceptors (Lipinski definition) is 8. The summed E-state index contributed by atoms with van der Waals surface area (Å²) in [7, 11) is 0. The van der Waals surface area contributed by atoms with Gasteiger partial charge in [0.1, 0.15) is 12.0 Å². The normalized spacial score (nSPS) is 31.3. The van der Waals surface area contributed by atoms with Gasteiger partial charge in [-0.05, 0) is 108 Å². The van der Waals surface area contributed by atoms with Crippen molar-refractivity contribution < 1.29 is 24.2 Å². The van der Waals surface area contributed by atoms with E-state index in [1.54, 1.807) is 13.8 Å². The van der Waals surface area contributed by atoms with Gasteiger partial charge in [-0.25, -0.2) is 0 Å². The second-order valence-corrected chi connectivity index (χ2v) is 16.1. The van der Waals surface area contributed by atoms with Crippen LogP contribution >= 0.6 is 0 Å². The highest BCUT2D eigenvalue weighted by molar-refractivity contribution is 6.03. The number of hydrogen-bond donors (Lipinski definition) is 1. The van der Waals surface area contributed by atoms with Crippen LogP contribution in [0.2, 0.25) is 0 Å². The number of carbonyl (C=O) groups is 2. The molecule has 46 heavy (non-hydrogen) atoms. The molecular formula is C38H65N3O5. The Morgan fingerprint density at radius 1 is 1.02 bits per heavy atom. The molecule has 0 aromatic carbocycles. The predicted molar refractivity (Wildman–Crippen MR) is 184 cm³/mol. The van der Waals surface area contributed by atoms with E-state index >= 15 is 0 Å². The first kappa shape index (κ1) is 38.6. The second-order valence-electron chi connectivity index (χ2n) is 16.1. The van der Waals surface area contributed by atoms with Crippen LogP contribution < -0.4 is 0 Å². The summed E-state index contributed by atoms with van der Waals surface area (Å²) in [5.41, 5.74) is 1.49. The molecule has 0 aliphatic carbocycles. The van der Waals surface area contributed by atoms with Gasteiger partial charge in [0, 0.05) is 44.2 Å². The van der Waals surface area contributed by atoms with Gasteiger partial charge in [0.05, 0.1) is 11.8 Å². The zero-order valence-corrected chi connectivity index (χ0v) is 30.5. The first-order chi connectivity index (χ1) is 21.6. The van der Waals surface area contributed by atoms with Crippen molar-refractivity contribution in [2.75, 3.05) is 32.8 Å². The molecule has 1 N–H and O–H groups in total. The number of nitrogens with zero attached hydrogens (tertiary/aromatic N) is 3. The number of Topliss-reactive ketones (excluding diaryl/α,β-unsaturated/α-hetero) is 1. The van der Waals surface area contributed by atoms with Gasteiger partial charge in [-0.3, -0.25) is 24.4 Å². The Morgan fingerprint density at radius 3 is 2.43 bits per heavy atom. The molecule has 3 aliphatic rings. The van der Waals surface area contributed by atoms with Gasteiger partial charge in [-0.2, -0.15) is 0 Å². The van der Waals surface area contributed by atoms with E-state index in [1.807, 2.05) is 26.1 Å². The molecule has 0 bridgehead atoms. The molecule has 2 fully saturated rings. The van der Waals surface area contributed by atoms with Crippen molar-refractivity contribution in [3.8, 4) is 0 Å². The Morgan fingerprint density at radius 2 is 1.76 bits per heavy atom.